The molecule has 0 spiro atoms. The van der Waals surface area contributed by atoms with E-state index in [1.807, 2.05) is 12.1 Å². The van der Waals surface area contributed by atoms with Crippen molar-refractivity contribution in [2.45, 2.75) is 50.3 Å². The van der Waals surface area contributed by atoms with Gasteiger partial charge in [0.05, 0.1) is 0 Å². The quantitative estimate of drug-likeness (QED) is 0.845. The van der Waals surface area contributed by atoms with E-state index in [1.54, 1.807) is 0 Å². The van der Waals surface area contributed by atoms with E-state index in [-0.39, 0.29) is 0 Å². The van der Waals surface area contributed by atoms with Gasteiger partial charge in [-0.1, -0.05) is 0 Å². The molecule has 1 N–H and O–H groups in total. The van der Waals surface area contributed by atoms with E-state index in [1.165, 1.54) is 35.7 Å². The number of aryl methyl sites for hydroxylation is 1. The molecule has 0 bridgehead atoms. The van der Waals surface area contributed by atoms with Gasteiger partial charge in [-0.25, -0.2) is 0 Å². The third kappa shape index (κ3) is 2.61. The Bertz CT molecular complexity index is 375. The van der Waals surface area contributed by atoms with Crippen LogP contribution in [0.25, 0.3) is 0 Å². The van der Waals surface area contributed by atoms with Crippen molar-refractivity contribution in [3.8, 4) is 5.75 Å². The van der Waals surface area contributed by atoms with Crippen LogP contribution in [0.1, 0.15) is 45.1 Å². The van der Waals surface area contributed by atoms with Crippen LogP contribution in [-0.4, -0.2) is 20.1 Å². The van der Waals surface area contributed by atoms with Crippen molar-refractivity contribution >= 4 is 19.4 Å². The van der Waals surface area contributed by atoms with Crippen LogP contribution in [0.15, 0.2) is 18.2 Å². The molecule has 1 nitrogen and oxygen atoms in total. The average molecular weight is 283 g/mol. The van der Waals surface area contributed by atoms with Crippen molar-refractivity contribution in [1.29, 1.82) is 0 Å². The van der Waals surface area contributed by atoms with E-state index in [0.29, 0.717) is 25.0 Å². The first-order chi connectivity index (χ1) is 7.63. The number of aromatic hydroxyl groups is 1. The van der Waals surface area contributed by atoms with Gasteiger partial charge in [0.25, 0.3) is 0 Å². The van der Waals surface area contributed by atoms with Crippen molar-refractivity contribution < 1.29 is 5.11 Å². The molecule has 0 amide bonds. The topological polar surface area (TPSA) is 20.2 Å². The van der Waals surface area contributed by atoms with Gasteiger partial charge in [0.2, 0.25) is 0 Å². The summed E-state index contributed by atoms with van der Waals surface area (Å²) in [5.74, 6) is 0.423. The summed E-state index contributed by atoms with van der Waals surface area (Å²) in [7, 11) is 0. The van der Waals surface area contributed by atoms with Gasteiger partial charge < -0.3 is 0 Å². The molecular weight excluding hydrogens is 263 g/mol. The minimum atomic E-state index is 0.423. The van der Waals surface area contributed by atoms with Gasteiger partial charge in [-0.05, 0) is 0 Å². The first-order valence-corrected chi connectivity index (χ1v) is 7.85. The Labute approximate surface area is 104 Å². The van der Waals surface area contributed by atoms with E-state index in [0.717, 1.165) is 6.42 Å². The summed E-state index contributed by atoms with van der Waals surface area (Å²) in [6, 6.07) is 5.93. The number of hydrogen-bond acceptors (Lipinski definition) is 1. The predicted molar refractivity (Wildman–Crippen MR) is 69.7 cm³/mol. The Morgan fingerprint density at radius 3 is 3.00 bits per heavy atom. The van der Waals surface area contributed by atoms with Crippen LogP contribution in [0.4, 0.5) is 0 Å². The SMILES string of the molecule is CCCCC1(C)CCc2cc(O)ccc2[Se]1. The Balaban J connectivity index is 2.14. The number of unbranched alkanes of at least 4 members (excludes halogenated alkanes) is 1. The van der Waals surface area contributed by atoms with Crippen molar-refractivity contribution in [2.75, 3.05) is 0 Å². The standard InChI is InChI=1S/C14H20OSe/c1-3-4-8-14(2)9-7-11-10-12(15)5-6-13(11)16-14/h5-6,10,15H,3-4,7-9H2,1-2H3. The molecular formula is C14H20OSe. The molecule has 0 aliphatic carbocycles. The summed E-state index contributed by atoms with van der Waals surface area (Å²) in [6.45, 7) is 4.71. The minimum absolute atomic E-state index is 0.423. The van der Waals surface area contributed by atoms with Crippen molar-refractivity contribution in [3.05, 3.63) is 23.8 Å². The van der Waals surface area contributed by atoms with Crippen LogP contribution in [0.2, 0.25) is 4.31 Å². The number of hydrogen-bond donors (Lipinski definition) is 1. The van der Waals surface area contributed by atoms with Gasteiger partial charge in [-0.2, -0.15) is 0 Å². The Morgan fingerprint density at radius 1 is 1.44 bits per heavy atom. The van der Waals surface area contributed by atoms with E-state index in [2.05, 4.69) is 19.9 Å². The Hall–Kier alpha value is -0.461. The number of benzene rings is 1. The van der Waals surface area contributed by atoms with Gasteiger partial charge in [0, 0.05) is 0 Å². The van der Waals surface area contributed by atoms with Crippen molar-refractivity contribution in [2.24, 2.45) is 0 Å². The number of phenols is 1. The summed E-state index contributed by atoms with van der Waals surface area (Å²) < 4.78 is 2.06. The third-order valence-electron chi connectivity index (χ3n) is 3.38. The van der Waals surface area contributed by atoms with E-state index in [9.17, 15) is 5.11 Å². The molecule has 0 aromatic heterocycles. The molecule has 1 aliphatic heterocycles. The fourth-order valence-corrected chi connectivity index (χ4v) is 5.26. The van der Waals surface area contributed by atoms with Gasteiger partial charge in [0.15, 0.2) is 0 Å². The fourth-order valence-electron chi connectivity index (χ4n) is 2.30. The molecule has 88 valence electrons. The molecule has 0 fully saturated rings. The van der Waals surface area contributed by atoms with Crippen molar-refractivity contribution in [1.82, 2.24) is 0 Å². The van der Waals surface area contributed by atoms with Gasteiger partial charge in [0.1, 0.15) is 0 Å². The van der Waals surface area contributed by atoms with Crippen LogP contribution in [0.3, 0.4) is 0 Å². The van der Waals surface area contributed by atoms with Gasteiger partial charge in [-0.3, -0.25) is 0 Å². The maximum absolute atomic E-state index is 9.47. The number of phenolic OH excluding ortho intramolecular Hbond substituents is 1. The normalized spacial score (nSPS) is 24.1. The second-order valence-electron chi connectivity index (χ2n) is 4.95. The molecule has 1 aliphatic rings. The van der Waals surface area contributed by atoms with Crippen LogP contribution in [0, 0.1) is 0 Å². The average Bonchev–Trinajstić information content (AvgIpc) is 2.27. The first-order valence-electron chi connectivity index (χ1n) is 6.14. The second-order valence-corrected chi connectivity index (χ2v) is 8.37. The molecule has 0 saturated carbocycles. The zero-order chi connectivity index (χ0) is 11.6. The molecule has 0 saturated heterocycles. The monoisotopic (exact) mass is 284 g/mol. The summed E-state index contributed by atoms with van der Waals surface area (Å²) in [4.78, 5) is 0. The maximum atomic E-state index is 9.47. The third-order valence-corrected chi connectivity index (χ3v) is 6.57. The molecule has 2 rings (SSSR count). The molecule has 16 heavy (non-hydrogen) atoms. The van der Waals surface area contributed by atoms with E-state index >= 15 is 0 Å². The molecule has 1 unspecified atom stereocenters. The Kier molecular flexibility index (Phi) is 3.61. The van der Waals surface area contributed by atoms with Crippen LogP contribution >= 0.6 is 0 Å². The summed E-state index contributed by atoms with van der Waals surface area (Å²) in [5.41, 5.74) is 1.38. The molecule has 0 radical (unpaired) electrons. The molecule has 1 aromatic rings. The molecule has 1 aromatic carbocycles. The Morgan fingerprint density at radius 2 is 2.25 bits per heavy atom. The zero-order valence-electron chi connectivity index (χ0n) is 10.1. The number of rotatable bonds is 3. The fraction of sp³-hybridized carbons (Fsp3) is 0.571. The summed E-state index contributed by atoms with van der Waals surface area (Å²) in [6.07, 6.45) is 6.46. The van der Waals surface area contributed by atoms with Crippen molar-refractivity contribution in [3.63, 3.8) is 0 Å². The van der Waals surface area contributed by atoms with Crippen LogP contribution in [0.5, 0.6) is 5.75 Å². The van der Waals surface area contributed by atoms with Gasteiger partial charge >= 0.3 is 104 Å². The predicted octanol–water partition coefficient (Wildman–Crippen LogP) is 3.04. The van der Waals surface area contributed by atoms with E-state index < -0.39 is 0 Å². The van der Waals surface area contributed by atoms with Crippen LogP contribution < -0.4 is 4.46 Å². The summed E-state index contributed by atoms with van der Waals surface area (Å²) >= 11 is 0.573. The zero-order valence-corrected chi connectivity index (χ0v) is 11.8. The summed E-state index contributed by atoms with van der Waals surface area (Å²) in [5, 5.41) is 9.47. The van der Waals surface area contributed by atoms with Gasteiger partial charge in [-0.15, -0.1) is 0 Å². The molecule has 1 atom stereocenters. The first kappa shape index (κ1) is 12.0. The van der Waals surface area contributed by atoms with Crippen LogP contribution in [-0.2, 0) is 6.42 Å². The molecule has 2 heteroatoms. The number of fused-ring (bicyclic) bond motifs is 1. The second kappa shape index (κ2) is 4.81. The molecule has 1 heterocycles. The van der Waals surface area contributed by atoms with E-state index in [4.69, 9.17) is 0 Å².